The zero-order valence-electron chi connectivity index (χ0n) is 16.2. The molecule has 28 heavy (non-hydrogen) atoms. The Kier molecular flexibility index (Phi) is 5.32. The fraction of sp³-hybridized carbons (Fsp3) is 0.476. The van der Waals surface area contributed by atoms with Crippen LogP contribution in [-0.4, -0.2) is 53.0 Å². The first kappa shape index (κ1) is 18.5. The number of aromatic nitrogens is 2. The van der Waals surface area contributed by atoms with Gasteiger partial charge in [-0.05, 0) is 43.0 Å². The second-order valence-electron chi connectivity index (χ2n) is 7.63. The van der Waals surface area contributed by atoms with Crippen molar-refractivity contribution in [2.24, 2.45) is 11.8 Å². The molecule has 1 aromatic heterocycles. The zero-order chi connectivity index (χ0) is 19.5. The number of nitrogens with zero attached hydrogens (tertiary/aromatic N) is 4. The fourth-order valence-corrected chi connectivity index (χ4v) is 4.17. The van der Waals surface area contributed by atoms with Crippen LogP contribution in [0.5, 0.6) is 5.75 Å². The minimum atomic E-state index is -0.250. The number of rotatable bonds is 5. The van der Waals surface area contributed by atoms with E-state index in [1.165, 1.54) is 0 Å². The predicted octanol–water partition coefficient (Wildman–Crippen LogP) is 2.18. The normalized spacial score (nSPS) is 20.6. The maximum absolute atomic E-state index is 13.0. The van der Waals surface area contributed by atoms with Crippen LogP contribution in [0, 0.1) is 11.8 Å². The molecule has 1 aromatic carbocycles. The summed E-state index contributed by atoms with van der Waals surface area (Å²) in [6.07, 6.45) is 7.90. The number of ether oxygens (including phenoxy) is 1. The molecule has 1 unspecified atom stereocenters. The van der Waals surface area contributed by atoms with Gasteiger partial charge in [0.2, 0.25) is 11.8 Å². The van der Waals surface area contributed by atoms with Crippen molar-refractivity contribution in [1.29, 1.82) is 0 Å². The average Bonchev–Trinajstić information content (AvgIpc) is 3.38. The van der Waals surface area contributed by atoms with Gasteiger partial charge in [0.15, 0.2) is 0 Å². The first-order valence-electron chi connectivity index (χ1n) is 9.83. The highest BCUT2D eigenvalue weighted by Gasteiger charge is 2.38. The molecule has 2 saturated heterocycles. The second kappa shape index (κ2) is 8.04. The van der Waals surface area contributed by atoms with Crippen molar-refractivity contribution < 1.29 is 14.3 Å². The van der Waals surface area contributed by atoms with Crippen molar-refractivity contribution in [2.45, 2.75) is 25.8 Å². The third-order valence-corrected chi connectivity index (χ3v) is 5.81. The van der Waals surface area contributed by atoms with Gasteiger partial charge in [-0.3, -0.25) is 9.59 Å². The van der Waals surface area contributed by atoms with E-state index < -0.39 is 0 Å². The summed E-state index contributed by atoms with van der Waals surface area (Å²) in [6.45, 7) is 2.95. The highest BCUT2D eigenvalue weighted by molar-refractivity contribution is 6.00. The molecule has 1 atom stereocenters. The highest BCUT2D eigenvalue weighted by Crippen LogP contribution is 2.29. The Bertz CT molecular complexity index is 811. The van der Waals surface area contributed by atoms with Crippen LogP contribution in [0.3, 0.4) is 0 Å². The van der Waals surface area contributed by atoms with Gasteiger partial charge in [-0.2, -0.15) is 0 Å². The Labute approximate surface area is 164 Å². The van der Waals surface area contributed by atoms with Crippen LogP contribution in [0.4, 0.5) is 5.69 Å². The fourth-order valence-electron chi connectivity index (χ4n) is 4.17. The van der Waals surface area contributed by atoms with Gasteiger partial charge < -0.3 is 19.1 Å². The monoisotopic (exact) mass is 382 g/mol. The number of methoxy groups -OCH3 is 1. The van der Waals surface area contributed by atoms with Crippen molar-refractivity contribution in [1.82, 2.24) is 14.5 Å². The van der Waals surface area contributed by atoms with E-state index >= 15 is 0 Å². The van der Waals surface area contributed by atoms with Gasteiger partial charge in [-0.1, -0.05) is 0 Å². The van der Waals surface area contributed by atoms with E-state index in [4.69, 9.17) is 4.74 Å². The molecule has 2 aromatic rings. The quantitative estimate of drug-likeness (QED) is 0.795. The third-order valence-electron chi connectivity index (χ3n) is 5.81. The summed E-state index contributed by atoms with van der Waals surface area (Å²) in [7, 11) is 1.61. The van der Waals surface area contributed by atoms with E-state index in [0.717, 1.165) is 43.9 Å². The van der Waals surface area contributed by atoms with Gasteiger partial charge in [0.1, 0.15) is 5.75 Å². The van der Waals surface area contributed by atoms with Crippen LogP contribution in [0.1, 0.15) is 19.3 Å². The number of hydrogen-bond acceptors (Lipinski definition) is 4. The lowest BCUT2D eigenvalue weighted by molar-refractivity contribution is -0.137. The van der Waals surface area contributed by atoms with Crippen molar-refractivity contribution >= 4 is 17.5 Å². The Morgan fingerprint density at radius 3 is 2.61 bits per heavy atom. The number of anilines is 1. The Morgan fingerprint density at radius 2 is 1.96 bits per heavy atom. The number of carbonyl (C=O) groups is 2. The maximum atomic E-state index is 13.0. The maximum Gasteiger partial charge on any atom is 0.228 e. The summed E-state index contributed by atoms with van der Waals surface area (Å²) in [5, 5.41) is 0. The number of hydrogen-bond donors (Lipinski definition) is 0. The van der Waals surface area contributed by atoms with Crippen LogP contribution in [0.2, 0.25) is 0 Å². The van der Waals surface area contributed by atoms with Crippen LogP contribution in [0.15, 0.2) is 43.0 Å². The van der Waals surface area contributed by atoms with Crippen molar-refractivity contribution in [3.05, 3.63) is 43.0 Å². The molecule has 2 aliphatic heterocycles. The second-order valence-corrected chi connectivity index (χ2v) is 7.63. The van der Waals surface area contributed by atoms with Crippen LogP contribution in [0.25, 0.3) is 0 Å². The van der Waals surface area contributed by atoms with E-state index in [9.17, 15) is 9.59 Å². The molecular weight excluding hydrogens is 356 g/mol. The molecule has 4 rings (SSSR count). The molecule has 2 amide bonds. The van der Waals surface area contributed by atoms with E-state index in [0.29, 0.717) is 18.9 Å². The molecule has 0 bridgehead atoms. The van der Waals surface area contributed by atoms with Gasteiger partial charge in [-0.25, -0.2) is 4.98 Å². The molecule has 0 aliphatic carbocycles. The van der Waals surface area contributed by atoms with E-state index in [1.807, 2.05) is 41.7 Å². The number of likely N-dealkylation sites (tertiary alicyclic amines) is 1. The molecule has 148 valence electrons. The Balaban J connectivity index is 1.32. The van der Waals surface area contributed by atoms with Crippen LogP contribution in [-0.2, 0) is 16.1 Å². The minimum absolute atomic E-state index is 0.0125. The summed E-state index contributed by atoms with van der Waals surface area (Å²) in [4.78, 5) is 33.2. The molecule has 2 aliphatic rings. The zero-order valence-corrected chi connectivity index (χ0v) is 16.2. The number of piperidine rings is 1. The SMILES string of the molecule is COc1ccc(N2CC(C(=O)N3CCC(Cn4ccnc4)CC3)CC2=O)cc1. The number of benzene rings is 1. The highest BCUT2D eigenvalue weighted by atomic mass is 16.5. The molecular formula is C21H26N4O3. The third kappa shape index (κ3) is 3.88. The topological polar surface area (TPSA) is 67.7 Å². The number of amides is 2. The largest absolute Gasteiger partial charge is 0.497 e. The van der Waals surface area contributed by atoms with Gasteiger partial charge in [0.25, 0.3) is 0 Å². The van der Waals surface area contributed by atoms with Crippen molar-refractivity contribution in [3.8, 4) is 5.75 Å². The van der Waals surface area contributed by atoms with E-state index in [-0.39, 0.29) is 17.7 Å². The molecule has 7 nitrogen and oxygen atoms in total. The summed E-state index contributed by atoms with van der Waals surface area (Å²) in [5.74, 6) is 1.20. The van der Waals surface area contributed by atoms with E-state index in [2.05, 4.69) is 9.55 Å². The number of imidazole rings is 1. The molecule has 0 N–H and O–H groups in total. The van der Waals surface area contributed by atoms with Gasteiger partial charge in [0.05, 0.1) is 19.4 Å². The average molecular weight is 382 g/mol. The smallest absolute Gasteiger partial charge is 0.228 e. The van der Waals surface area contributed by atoms with Gasteiger partial charge >= 0.3 is 0 Å². The van der Waals surface area contributed by atoms with E-state index in [1.54, 1.807) is 18.2 Å². The molecule has 0 saturated carbocycles. The first-order chi connectivity index (χ1) is 13.6. The standard InChI is InChI=1S/C21H26N4O3/c1-28-19-4-2-18(3-5-19)25-14-17(12-20(25)26)21(27)24-9-6-16(7-10-24)13-23-11-8-22-15-23/h2-5,8,11,15-17H,6-7,9-10,12-14H2,1H3. The lowest BCUT2D eigenvalue weighted by Gasteiger charge is -2.33. The summed E-state index contributed by atoms with van der Waals surface area (Å²) in [6, 6.07) is 7.40. The molecule has 7 heteroatoms. The summed E-state index contributed by atoms with van der Waals surface area (Å²) in [5.41, 5.74) is 0.820. The molecule has 3 heterocycles. The Hall–Kier alpha value is -2.83. The first-order valence-corrected chi connectivity index (χ1v) is 9.83. The molecule has 0 radical (unpaired) electrons. The van der Waals surface area contributed by atoms with Crippen LogP contribution >= 0.6 is 0 Å². The lowest BCUT2D eigenvalue weighted by atomic mass is 9.95. The predicted molar refractivity (Wildman–Crippen MR) is 105 cm³/mol. The lowest BCUT2D eigenvalue weighted by Crippen LogP contribution is -2.43. The van der Waals surface area contributed by atoms with Crippen molar-refractivity contribution in [3.63, 3.8) is 0 Å². The summed E-state index contributed by atoms with van der Waals surface area (Å²) < 4.78 is 7.27. The van der Waals surface area contributed by atoms with Crippen LogP contribution < -0.4 is 9.64 Å². The molecule has 0 spiro atoms. The van der Waals surface area contributed by atoms with Gasteiger partial charge in [-0.15, -0.1) is 0 Å². The minimum Gasteiger partial charge on any atom is -0.497 e. The Morgan fingerprint density at radius 1 is 1.21 bits per heavy atom. The van der Waals surface area contributed by atoms with Crippen molar-refractivity contribution in [2.75, 3.05) is 31.6 Å². The number of carbonyl (C=O) groups excluding carboxylic acids is 2. The van der Waals surface area contributed by atoms with Gasteiger partial charge in [0, 0.05) is 50.7 Å². The molecule has 2 fully saturated rings. The summed E-state index contributed by atoms with van der Waals surface area (Å²) >= 11 is 0.